The molecule has 0 spiro atoms. The van der Waals surface area contributed by atoms with Gasteiger partial charge in [0.05, 0.1) is 0 Å². The molecule has 0 aromatic rings. The van der Waals surface area contributed by atoms with Crippen molar-refractivity contribution in [3.05, 3.63) is 0 Å². The van der Waals surface area contributed by atoms with Crippen molar-refractivity contribution in [3.8, 4) is 0 Å². The average Bonchev–Trinajstić information content (AvgIpc) is 1.69. The van der Waals surface area contributed by atoms with Gasteiger partial charge in [-0.1, -0.05) is 0 Å². The summed E-state index contributed by atoms with van der Waals surface area (Å²) in [6.07, 6.45) is 0.272. The molecule has 3 nitrogen and oxygen atoms in total. The molecule has 0 saturated carbocycles. The molecule has 0 aromatic carbocycles. The van der Waals surface area contributed by atoms with Crippen LogP contribution in [0, 0.1) is 0 Å². The Morgan fingerprint density at radius 1 is 2.00 bits per heavy atom. The molecule has 0 atom stereocenters. The van der Waals surface area contributed by atoms with E-state index in [1.165, 1.54) is 0 Å². The zero-order valence-electron chi connectivity index (χ0n) is 4.31. The van der Waals surface area contributed by atoms with Crippen LogP contribution in [0.1, 0.15) is 0 Å². The van der Waals surface area contributed by atoms with Crippen LogP contribution in [0.15, 0.2) is 0 Å². The van der Waals surface area contributed by atoms with Gasteiger partial charge in [0, 0.05) is 0 Å². The van der Waals surface area contributed by atoms with E-state index in [1.54, 1.807) is 0 Å². The molecular formula is C2H7B2NO2. The molecule has 1 N–H and O–H groups in total. The predicted molar refractivity (Wildman–Crippen MR) is 28.5 cm³/mol. The van der Waals surface area contributed by atoms with Gasteiger partial charge in [-0.15, -0.1) is 0 Å². The van der Waals surface area contributed by atoms with Crippen LogP contribution >= 0.6 is 0 Å². The number of rotatable bonds is 4. The molecule has 0 saturated heterocycles. The number of hydroxylamine groups is 1. The van der Waals surface area contributed by atoms with Gasteiger partial charge in [-0.2, -0.15) is 0 Å². The van der Waals surface area contributed by atoms with Gasteiger partial charge in [-0.05, 0) is 0 Å². The standard InChI is InChI=1S/C2H7B2NO2/c1-3-7-5-2-4-6/h3,5H,2H2,1H3. The first kappa shape index (κ1) is 6.85. The van der Waals surface area contributed by atoms with Gasteiger partial charge in [0.25, 0.3) is 0 Å². The van der Waals surface area contributed by atoms with E-state index in [1.807, 2.05) is 6.82 Å². The molecular weight excluding hydrogens is 91.7 g/mol. The summed E-state index contributed by atoms with van der Waals surface area (Å²) in [4.78, 5) is 0. The molecule has 0 bridgehead atoms. The van der Waals surface area contributed by atoms with Crippen molar-refractivity contribution in [2.75, 3.05) is 6.44 Å². The van der Waals surface area contributed by atoms with Gasteiger partial charge in [-0.25, -0.2) is 0 Å². The van der Waals surface area contributed by atoms with Gasteiger partial charge >= 0.3 is 42.8 Å². The van der Waals surface area contributed by atoms with Crippen molar-refractivity contribution in [2.45, 2.75) is 6.82 Å². The minimum atomic E-state index is 0.272. The van der Waals surface area contributed by atoms with Crippen molar-refractivity contribution in [1.82, 2.24) is 5.48 Å². The second-order valence-electron chi connectivity index (χ2n) is 0.948. The molecule has 0 amide bonds. The summed E-state index contributed by atoms with van der Waals surface area (Å²) >= 11 is 0. The molecule has 0 aliphatic heterocycles. The molecule has 7 heavy (non-hydrogen) atoms. The van der Waals surface area contributed by atoms with E-state index < -0.39 is 0 Å². The quantitative estimate of drug-likeness (QED) is 0.276. The molecule has 0 rings (SSSR count). The van der Waals surface area contributed by atoms with Gasteiger partial charge < -0.3 is 0 Å². The van der Waals surface area contributed by atoms with E-state index in [0.717, 1.165) is 7.15 Å². The number of nitrogens with one attached hydrogen (secondary N) is 1. The maximum atomic E-state index is 9.54. The fraction of sp³-hybridized carbons (Fsp3) is 1.00. The Hall–Kier alpha value is -0.150. The zero-order chi connectivity index (χ0) is 5.54. The number of hydrogen-bond donors (Lipinski definition) is 1. The second-order valence-corrected chi connectivity index (χ2v) is 0.948. The fourth-order valence-electron chi connectivity index (χ4n) is 0.195. The summed E-state index contributed by atoms with van der Waals surface area (Å²) in [6, 6.07) is 0. The first-order chi connectivity index (χ1) is 3.41. The van der Waals surface area contributed by atoms with Crippen molar-refractivity contribution in [1.29, 1.82) is 0 Å². The van der Waals surface area contributed by atoms with E-state index in [2.05, 4.69) is 10.2 Å². The number of hydrogen-bond acceptors (Lipinski definition) is 3. The maximum absolute atomic E-state index is 9.54. The van der Waals surface area contributed by atoms with Crippen molar-refractivity contribution in [3.63, 3.8) is 0 Å². The average molecular weight is 98.7 g/mol. The first-order valence-electron chi connectivity index (χ1n) is 2.20. The van der Waals surface area contributed by atoms with E-state index in [0.29, 0.717) is 7.48 Å². The van der Waals surface area contributed by atoms with Crippen LogP contribution in [0.4, 0.5) is 0 Å². The van der Waals surface area contributed by atoms with Crippen LogP contribution in [0.25, 0.3) is 0 Å². The summed E-state index contributed by atoms with van der Waals surface area (Å²) in [5, 5.41) is 0. The van der Waals surface area contributed by atoms with Gasteiger partial charge in [0.1, 0.15) is 0 Å². The Labute approximate surface area is 43.9 Å². The van der Waals surface area contributed by atoms with Crippen LogP contribution in [0.3, 0.4) is 0 Å². The SMILES string of the molecule is CBONCB=O. The van der Waals surface area contributed by atoms with E-state index in [4.69, 9.17) is 0 Å². The third-order valence-electron chi connectivity index (χ3n) is 0.413. The van der Waals surface area contributed by atoms with E-state index >= 15 is 0 Å². The minimum absolute atomic E-state index is 0.272. The van der Waals surface area contributed by atoms with Crippen LogP contribution in [-0.4, -0.2) is 21.1 Å². The zero-order valence-corrected chi connectivity index (χ0v) is 4.31. The van der Waals surface area contributed by atoms with Crippen molar-refractivity contribution in [2.24, 2.45) is 0 Å². The van der Waals surface area contributed by atoms with Crippen LogP contribution < -0.4 is 5.48 Å². The Bertz CT molecular complexity index is 51.0. The third-order valence-corrected chi connectivity index (χ3v) is 0.413. The van der Waals surface area contributed by atoms with Gasteiger partial charge in [-0.3, -0.25) is 0 Å². The Kier molecular flexibility index (Phi) is 5.72. The Balaban J connectivity index is 2.56. The molecule has 0 unspecified atom stereocenters. The third kappa shape index (κ3) is 5.85. The Morgan fingerprint density at radius 3 is 3.14 bits per heavy atom. The summed E-state index contributed by atoms with van der Waals surface area (Å²) < 4.78 is 14.1. The molecule has 38 valence electrons. The summed E-state index contributed by atoms with van der Waals surface area (Å²) in [5.41, 5.74) is 2.42. The molecule has 0 heterocycles. The summed E-state index contributed by atoms with van der Waals surface area (Å²) in [7, 11) is 1.34. The van der Waals surface area contributed by atoms with E-state index in [9.17, 15) is 4.70 Å². The molecule has 0 radical (unpaired) electrons. The summed E-state index contributed by atoms with van der Waals surface area (Å²) in [5.74, 6) is 0. The molecule has 0 aromatic heterocycles. The normalized spacial score (nSPS) is 7.57. The van der Waals surface area contributed by atoms with Gasteiger partial charge in [0.2, 0.25) is 0 Å². The molecule has 0 aliphatic carbocycles. The topological polar surface area (TPSA) is 38.3 Å². The fourth-order valence-corrected chi connectivity index (χ4v) is 0.195. The molecule has 5 heteroatoms. The first-order valence-corrected chi connectivity index (χ1v) is 2.20. The molecule has 0 aliphatic rings. The predicted octanol–water partition coefficient (Wildman–Crippen LogP) is -1.09. The van der Waals surface area contributed by atoms with Crippen molar-refractivity contribution >= 4 is 14.6 Å². The van der Waals surface area contributed by atoms with Crippen LogP contribution in [0.5, 0.6) is 0 Å². The van der Waals surface area contributed by atoms with E-state index in [-0.39, 0.29) is 6.44 Å². The van der Waals surface area contributed by atoms with Crippen LogP contribution in [0.2, 0.25) is 6.82 Å². The summed E-state index contributed by atoms with van der Waals surface area (Å²) in [6.45, 7) is 1.85. The van der Waals surface area contributed by atoms with Crippen LogP contribution in [-0.2, 0) is 9.46 Å². The van der Waals surface area contributed by atoms with Crippen molar-refractivity contribution < 1.29 is 9.46 Å². The Morgan fingerprint density at radius 2 is 2.71 bits per heavy atom. The monoisotopic (exact) mass is 99.1 g/mol. The van der Waals surface area contributed by atoms with Gasteiger partial charge in [0.15, 0.2) is 0 Å². The molecule has 0 fully saturated rings. The second kappa shape index (κ2) is 5.85.